The molecule has 0 bridgehead atoms. The summed E-state index contributed by atoms with van der Waals surface area (Å²) in [6.07, 6.45) is -0.223. The van der Waals surface area contributed by atoms with Crippen molar-refractivity contribution in [1.82, 2.24) is 0 Å². The molecule has 0 fully saturated rings. The second-order valence-corrected chi connectivity index (χ2v) is 9.65. The number of hydrogen-bond donors (Lipinski definition) is 2. The van der Waals surface area contributed by atoms with Crippen molar-refractivity contribution in [2.75, 3.05) is 24.3 Å². The summed E-state index contributed by atoms with van der Waals surface area (Å²) < 4.78 is 44.7. The second kappa shape index (κ2) is 11.1. The molecular formula is C26H30N2O6S. The zero-order valence-corrected chi connectivity index (χ0v) is 21.2. The summed E-state index contributed by atoms with van der Waals surface area (Å²) in [5.41, 5.74) is 2.68. The van der Waals surface area contributed by atoms with Gasteiger partial charge in [-0.15, -0.1) is 0 Å². The monoisotopic (exact) mass is 498 g/mol. The van der Waals surface area contributed by atoms with Gasteiger partial charge in [-0.05, 0) is 73.9 Å². The van der Waals surface area contributed by atoms with Gasteiger partial charge in [0.15, 0.2) is 6.10 Å². The molecule has 186 valence electrons. The fraction of sp³-hybridized carbons (Fsp3) is 0.269. The van der Waals surface area contributed by atoms with Gasteiger partial charge in [0.2, 0.25) is 0 Å². The molecule has 3 rings (SSSR count). The molecule has 0 saturated carbocycles. The van der Waals surface area contributed by atoms with Gasteiger partial charge in [0, 0.05) is 11.8 Å². The first kappa shape index (κ1) is 25.9. The molecule has 1 unspecified atom stereocenters. The number of carbonyl (C=O) groups is 1. The molecule has 9 heteroatoms. The van der Waals surface area contributed by atoms with Crippen molar-refractivity contribution in [3.8, 4) is 17.2 Å². The van der Waals surface area contributed by atoms with Gasteiger partial charge < -0.3 is 19.5 Å². The summed E-state index contributed by atoms with van der Waals surface area (Å²) in [5.74, 6) is 1.18. The molecule has 0 aliphatic carbocycles. The molecule has 35 heavy (non-hydrogen) atoms. The Morgan fingerprint density at radius 2 is 1.63 bits per heavy atom. The number of benzene rings is 3. The molecule has 8 nitrogen and oxygen atoms in total. The maximum atomic E-state index is 12.9. The maximum Gasteiger partial charge on any atom is 0.265 e. The van der Waals surface area contributed by atoms with Crippen molar-refractivity contribution in [3.05, 3.63) is 71.8 Å². The van der Waals surface area contributed by atoms with Crippen LogP contribution >= 0.6 is 0 Å². The molecule has 0 aliphatic heterocycles. The van der Waals surface area contributed by atoms with Crippen LogP contribution in [0.25, 0.3) is 0 Å². The molecule has 1 amide bonds. The smallest absolute Gasteiger partial charge is 0.265 e. The number of methoxy groups -OCH3 is 2. The highest BCUT2D eigenvalue weighted by Gasteiger charge is 2.21. The van der Waals surface area contributed by atoms with E-state index in [-0.39, 0.29) is 16.5 Å². The van der Waals surface area contributed by atoms with Crippen LogP contribution in [0.2, 0.25) is 0 Å². The number of hydrogen-bond acceptors (Lipinski definition) is 6. The summed E-state index contributed by atoms with van der Waals surface area (Å²) in [6.45, 7) is 5.75. The zero-order chi connectivity index (χ0) is 25.6. The number of aryl methyl sites for hydroxylation is 2. The predicted octanol–water partition coefficient (Wildman–Crippen LogP) is 4.92. The van der Waals surface area contributed by atoms with Crippen LogP contribution in [-0.4, -0.2) is 34.6 Å². The Hall–Kier alpha value is -3.72. The minimum absolute atomic E-state index is 0.0269. The highest BCUT2D eigenvalue weighted by atomic mass is 32.2. The lowest BCUT2D eigenvalue weighted by molar-refractivity contribution is -0.122. The highest BCUT2D eigenvalue weighted by molar-refractivity contribution is 7.92. The van der Waals surface area contributed by atoms with Gasteiger partial charge in [-0.25, -0.2) is 8.42 Å². The first-order chi connectivity index (χ1) is 16.7. The second-order valence-electron chi connectivity index (χ2n) is 7.97. The Bertz CT molecular complexity index is 1290. The Balaban J connectivity index is 1.72. The SMILES string of the molecule is CCC(Oc1cc(C)ccc1C)C(=O)Nc1ccc(S(=O)(=O)Nc2cc(OC)ccc2OC)cc1. The number of nitrogens with one attached hydrogen (secondary N) is 2. The minimum Gasteiger partial charge on any atom is -0.497 e. The lowest BCUT2D eigenvalue weighted by atomic mass is 10.1. The molecule has 0 aromatic heterocycles. The van der Waals surface area contributed by atoms with E-state index in [4.69, 9.17) is 14.2 Å². The van der Waals surface area contributed by atoms with Gasteiger partial charge in [-0.2, -0.15) is 0 Å². The van der Waals surface area contributed by atoms with E-state index < -0.39 is 16.1 Å². The van der Waals surface area contributed by atoms with Crippen molar-refractivity contribution in [2.45, 2.75) is 38.2 Å². The normalized spacial score (nSPS) is 11.9. The fourth-order valence-corrected chi connectivity index (χ4v) is 4.41. The Morgan fingerprint density at radius 1 is 0.914 bits per heavy atom. The van der Waals surface area contributed by atoms with Crippen LogP contribution < -0.4 is 24.2 Å². The molecular weight excluding hydrogens is 468 g/mol. The minimum atomic E-state index is -3.91. The summed E-state index contributed by atoms with van der Waals surface area (Å²) >= 11 is 0. The maximum absolute atomic E-state index is 12.9. The number of rotatable bonds is 10. The van der Waals surface area contributed by atoms with Crippen LogP contribution in [-0.2, 0) is 14.8 Å². The van der Waals surface area contributed by atoms with Crippen LogP contribution in [0.5, 0.6) is 17.2 Å². The van der Waals surface area contributed by atoms with E-state index in [0.29, 0.717) is 29.4 Å². The summed E-state index contributed by atoms with van der Waals surface area (Å²) in [5, 5.41) is 2.79. The zero-order valence-electron chi connectivity index (χ0n) is 20.4. The third-order valence-electron chi connectivity index (χ3n) is 5.36. The molecule has 3 aromatic rings. The third kappa shape index (κ3) is 6.45. The van der Waals surface area contributed by atoms with E-state index in [9.17, 15) is 13.2 Å². The van der Waals surface area contributed by atoms with Gasteiger partial charge >= 0.3 is 0 Å². The fourth-order valence-electron chi connectivity index (χ4n) is 3.35. The number of ether oxygens (including phenoxy) is 3. The van der Waals surface area contributed by atoms with Crippen molar-refractivity contribution in [3.63, 3.8) is 0 Å². The molecule has 1 atom stereocenters. The van der Waals surface area contributed by atoms with Crippen LogP contribution in [0.4, 0.5) is 11.4 Å². The molecule has 0 aliphatic rings. The van der Waals surface area contributed by atoms with Crippen LogP contribution in [0.3, 0.4) is 0 Å². The molecule has 0 spiro atoms. The van der Waals surface area contributed by atoms with Crippen molar-refractivity contribution in [2.24, 2.45) is 0 Å². The van der Waals surface area contributed by atoms with Gasteiger partial charge in [-0.3, -0.25) is 9.52 Å². The Morgan fingerprint density at radius 3 is 2.26 bits per heavy atom. The standard InChI is InChI=1S/C26H30N2O6S/c1-6-23(34-25-15-17(2)7-8-18(25)3)26(29)27-19-9-12-21(13-10-19)35(30,31)28-22-16-20(32-4)11-14-24(22)33-5/h7-16,23,28H,6H2,1-5H3,(H,27,29). The first-order valence-electron chi connectivity index (χ1n) is 11.1. The van der Waals surface area contributed by atoms with Gasteiger partial charge in [0.05, 0.1) is 24.8 Å². The van der Waals surface area contributed by atoms with Crippen LogP contribution in [0.15, 0.2) is 65.6 Å². The Kier molecular flexibility index (Phi) is 8.24. The number of amides is 1. The number of anilines is 2. The highest BCUT2D eigenvalue weighted by Crippen LogP contribution is 2.31. The van der Waals surface area contributed by atoms with Crippen LogP contribution in [0, 0.1) is 13.8 Å². The van der Waals surface area contributed by atoms with E-state index in [2.05, 4.69) is 10.0 Å². The quantitative estimate of drug-likeness (QED) is 0.411. The summed E-state index contributed by atoms with van der Waals surface area (Å²) in [6, 6.07) is 16.5. The average Bonchev–Trinajstić information content (AvgIpc) is 2.84. The first-order valence-corrected chi connectivity index (χ1v) is 12.5. The lowest BCUT2D eigenvalue weighted by Crippen LogP contribution is -2.32. The molecule has 0 saturated heterocycles. The number of sulfonamides is 1. The van der Waals surface area contributed by atoms with E-state index >= 15 is 0 Å². The Labute approximate surface area is 206 Å². The third-order valence-corrected chi connectivity index (χ3v) is 6.74. The van der Waals surface area contributed by atoms with Crippen molar-refractivity contribution < 1.29 is 27.4 Å². The summed E-state index contributed by atoms with van der Waals surface area (Å²) in [7, 11) is -0.971. The average molecular weight is 499 g/mol. The van der Waals surface area contributed by atoms with Gasteiger partial charge in [-0.1, -0.05) is 19.1 Å². The lowest BCUT2D eigenvalue weighted by Gasteiger charge is -2.19. The molecule has 0 radical (unpaired) electrons. The molecule has 2 N–H and O–H groups in total. The van der Waals surface area contributed by atoms with Gasteiger partial charge in [0.25, 0.3) is 15.9 Å². The van der Waals surface area contributed by atoms with E-state index in [1.165, 1.54) is 44.6 Å². The van der Waals surface area contributed by atoms with E-state index in [1.54, 1.807) is 12.1 Å². The van der Waals surface area contributed by atoms with Crippen molar-refractivity contribution in [1.29, 1.82) is 0 Å². The largest absolute Gasteiger partial charge is 0.497 e. The van der Waals surface area contributed by atoms with Crippen LogP contribution in [0.1, 0.15) is 24.5 Å². The summed E-state index contributed by atoms with van der Waals surface area (Å²) in [4.78, 5) is 12.8. The van der Waals surface area contributed by atoms with Crippen molar-refractivity contribution >= 4 is 27.3 Å². The molecule has 3 aromatic carbocycles. The molecule has 0 heterocycles. The predicted molar refractivity (Wildman–Crippen MR) is 136 cm³/mol. The van der Waals surface area contributed by atoms with E-state index in [0.717, 1.165) is 11.1 Å². The number of carbonyl (C=O) groups excluding carboxylic acids is 1. The van der Waals surface area contributed by atoms with E-state index in [1.807, 2.05) is 39.0 Å². The topological polar surface area (TPSA) is 103 Å². The van der Waals surface area contributed by atoms with Gasteiger partial charge in [0.1, 0.15) is 17.2 Å².